The average Bonchev–Trinajstić information content (AvgIpc) is 2.08. The molecule has 0 spiro atoms. The SMILES string of the molecule is CO[Si](OC)(OC)C(O)CO. The van der Waals surface area contributed by atoms with Crippen LogP contribution in [0.5, 0.6) is 0 Å². The van der Waals surface area contributed by atoms with Gasteiger partial charge in [0.05, 0.1) is 6.61 Å². The van der Waals surface area contributed by atoms with Crippen molar-refractivity contribution in [3.63, 3.8) is 0 Å². The fourth-order valence-corrected chi connectivity index (χ4v) is 2.31. The van der Waals surface area contributed by atoms with Crippen LogP contribution in [0.25, 0.3) is 0 Å². The van der Waals surface area contributed by atoms with Crippen molar-refractivity contribution >= 4 is 8.80 Å². The first-order valence-corrected chi connectivity index (χ1v) is 4.91. The largest absolute Gasteiger partial charge is 0.532 e. The standard InChI is InChI=1S/C5H14O5Si/c1-8-11(9-2,10-3)5(7)4-6/h5-7H,4H2,1-3H3. The molecule has 0 saturated heterocycles. The highest BCUT2D eigenvalue weighted by molar-refractivity contribution is 6.62. The van der Waals surface area contributed by atoms with Gasteiger partial charge in [-0.3, -0.25) is 0 Å². The molecular weight excluding hydrogens is 168 g/mol. The van der Waals surface area contributed by atoms with Gasteiger partial charge in [0, 0.05) is 21.3 Å². The summed E-state index contributed by atoms with van der Waals surface area (Å²) in [6.45, 7) is -0.429. The topological polar surface area (TPSA) is 68.2 Å². The molecule has 11 heavy (non-hydrogen) atoms. The maximum absolute atomic E-state index is 9.20. The molecule has 0 aliphatic rings. The monoisotopic (exact) mass is 182 g/mol. The van der Waals surface area contributed by atoms with Gasteiger partial charge in [-0.05, 0) is 0 Å². The molecule has 0 saturated carbocycles. The summed E-state index contributed by atoms with van der Waals surface area (Å²) in [6, 6.07) is 0. The molecule has 0 rings (SSSR count). The van der Waals surface area contributed by atoms with E-state index in [4.69, 9.17) is 18.4 Å². The maximum Gasteiger partial charge on any atom is 0.532 e. The van der Waals surface area contributed by atoms with E-state index in [0.717, 1.165) is 0 Å². The van der Waals surface area contributed by atoms with Crippen LogP contribution in [0.4, 0.5) is 0 Å². The van der Waals surface area contributed by atoms with E-state index in [1.165, 1.54) is 21.3 Å². The van der Waals surface area contributed by atoms with E-state index in [2.05, 4.69) is 0 Å². The van der Waals surface area contributed by atoms with Crippen LogP contribution in [0.15, 0.2) is 0 Å². The molecule has 0 aliphatic heterocycles. The Kier molecular flexibility index (Phi) is 4.81. The number of hydrogen-bond acceptors (Lipinski definition) is 5. The minimum absolute atomic E-state index is 0.429. The van der Waals surface area contributed by atoms with E-state index in [1.807, 2.05) is 0 Å². The van der Waals surface area contributed by atoms with E-state index in [0.29, 0.717) is 0 Å². The smallest absolute Gasteiger partial charge is 0.394 e. The van der Waals surface area contributed by atoms with Crippen LogP contribution in [0.2, 0.25) is 0 Å². The first kappa shape index (κ1) is 11.0. The molecule has 1 unspecified atom stereocenters. The van der Waals surface area contributed by atoms with Gasteiger partial charge >= 0.3 is 8.80 Å². The molecule has 0 fully saturated rings. The Balaban J connectivity index is 4.26. The third-order valence-corrected chi connectivity index (χ3v) is 4.14. The molecule has 0 aromatic rings. The lowest BCUT2D eigenvalue weighted by Crippen LogP contribution is -2.55. The summed E-state index contributed by atoms with van der Waals surface area (Å²) < 4.78 is 14.6. The lowest BCUT2D eigenvalue weighted by atomic mass is 10.8. The normalized spacial score (nSPS) is 15.0. The second kappa shape index (κ2) is 4.81. The van der Waals surface area contributed by atoms with Gasteiger partial charge in [-0.1, -0.05) is 0 Å². The van der Waals surface area contributed by atoms with Gasteiger partial charge in [0.1, 0.15) is 5.73 Å². The van der Waals surface area contributed by atoms with Gasteiger partial charge in [-0.2, -0.15) is 0 Å². The van der Waals surface area contributed by atoms with Gasteiger partial charge in [-0.25, -0.2) is 0 Å². The highest BCUT2D eigenvalue weighted by atomic mass is 28.4. The lowest BCUT2D eigenvalue weighted by Gasteiger charge is -2.27. The molecule has 0 bridgehead atoms. The Bertz CT molecular complexity index is 96.8. The summed E-state index contributed by atoms with van der Waals surface area (Å²) in [7, 11) is 1.10. The predicted molar refractivity (Wildman–Crippen MR) is 39.9 cm³/mol. The Hall–Kier alpha value is 0.0169. The number of hydrogen-bond donors (Lipinski definition) is 2. The summed E-state index contributed by atoms with van der Waals surface area (Å²) in [6.07, 6.45) is 0. The van der Waals surface area contributed by atoms with Gasteiger partial charge < -0.3 is 23.5 Å². The van der Waals surface area contributed by atoms with Gasteiger partial charge in [0.15, 0.2) is 0 Å². The molecule has 2 N–H and O–H groups in total. The first-order valence-electron chi connectivity index (χ1n) is 3.11. The molecule has 0 aromatic carbocycles. The van der Waals surface area contributed by atoms with Crippen molar-refractivity contribution in [1.29, 1.82) is 0 Å². The van der Waals surface area contributed by atoms with Crippen LogP contribution >= 0.6 is 0 Å². The molecule has 0 radical (unpaired) electrons. The number of aliphatic hydroxyl groups is 2. The highest BCUT2D eigenvalue weighted by Crippen LogP contribution is 2.10. The highest BCUT2D eigenvalue weighted by Gasteiger charge is 2.46. The molecule has 6 heteroatoms. The molecule has 68 valence electrons. The van der Waals surface area contributed by atoms with Crippen molar-refractivity contribution in [1.82, 2.24) is 0 Å². The molecule has 0 heterocycles. The summed E-state index contributed by atoms with van der Waals surface area (Å²) in [5.74, 6) is 0. The van der Waals surface area contributed by atoms with Crippen molar-refractivity contribution in [2.24, 2.45) is 0 Å². The van der Waals surface area contributed by atoms with Crippen molar-refractivity contribution in [3.8, 4) is 0 Å². The zero-order valence-electron chi connectivity index (χ0n) is 6.90. The molecule has 5 nitrogen and oxygen atoms in total. The Morgan fingerprint density at radius 3 is 1.64 bits per heavy atom. The summed E-state index contributed by atoms with van der Waals surface area (Å²) >= 11 is 0. The van der Waals surface area contributed by atoms with E-state index >= 15 is 0 Å². The fourth-order valence-electron chi connectivity index (χ4n) is 0.770. The zero-order valence-corrected chi connectivity index (χ0v) is 7.90. The predicted octanol–water partition coefficient (Wildman–Crippen LogP) is -1.24. The molecule has 1 atom stereocenters. The Labute approximate surface area is 66.9 Å². The molecule has 0 aliphatic carbocycles. The first-order chi connectivity index (χ1) is 5.16. The van der Waals surface area contributed by atoms with E-state index in [-0.39, 0.29) is 0 Å². The van der Waals surface area contributed by atoms with Crippen LogP contribution in [0.3, 0.4) is 0 Å². The van der Waals surface area contributed by atoms with Crippen molar-refractivity contribution in [2.75, 3.05) is 27.9 Å². The zero-order chi connectivity index (χ0) is 8.91. The van der Waals surface area contributed by atoms with Gasteiger partial charge in [0.25, 0.3) is 0 Å². The van der Waals surface area contributed by atoms with Crippen molar-refractivity contribution in [3.05, 3.63) is 0 Å². The summed E-state index contributed by atoms with van der Waals surface area (Å²) in [4.78, 5) is 0. The summed E-state index contributed by atoms with van der Waals surface area (Å²) in [5, 5.41) is 17.8. The van der Waals surface area contributed by atoms with Crippen LogP contribution in [0.1, 0.15) is 0 Å². The number of aliphatic hydroxyl groups excluding tert-OH is 2. The van der Waals surface area contributed by atoms with E-state index in [1.54, 1.807) is 0 Å². The minimum Gasteiger partial charge on any atom is -0.394 e. The second-order valence-electron chi connectivity index (χ2n) is 1.91. The fraction of sp³-hybridized carbons (Fsp3) is 1.00. The van der Waals surface area contributed by atoms with E-state index in [9.17, 15) is 5.11 Å². The third kappa shape index (κ3) is 2.22. The minimum atomic E-state index is -3.02. The molecule has 0 aromatic heterocycles. The van der Waals surface area contributed by atoms with Gasteiger partial charge in [-0.15, -0.1) is 0 Å². The second-order valence-corrected chi connectivity index (χ2v) is 5.01. The van der Waals surface area contributed by atoms with Crippen LogP contribution in [-0.4, -0.2) is 52.7 Å². The van der Waals surface area contributed by atoms with Crippen LogP contribution < -0.4 is 0 Å². The molecule has 0 amide bonds. The Morgan fingerprint density at radius 2 is 1.55 bits per heavy atom. The lowest BCUT2D eigenvalue weighted by molar-refractivity contribution is 0.0337. The van der Waals surface area contributed by atoms with Crippen LogP contribution in [-0.2, 0) is 13.3 Å². The average molecular weight is 182 g/mol. The van der Waals surface area contributed by atoms with Crippen LogP contribution in [0, 0.1) is 0 Å². The maximum atomic E-state index is 9.20. The molecular formula is C5H14O5Si. The van der Waals surface area contributed by atoms with Gasteiger partial charge in [0.2, 0.25) is 0 Å². The van der Waals surface area contributed by atoms with Crippen molar-refractivity contribution < 1.29 is 23.5 Å². The third-order valence-electron chi connectivity index (χ3n) is 1.43. The Morgan fingerprint density at radius 1 is 1.18 bits per heavy atom. The van der Waals surface area contributed by atoms with Crippen molar-refractivity contribution in [2.45, 2.75) is 5.73 Å². The quantitative estimate of drug-likeness (QED) is 0.520. The summed E-state index contributed by atoms with van der Waals surface area (Å²) in [5.41, 5.74) is -1.08. The number of rotatable bonds is 5. The van der Waals surface area contributed by atoms with E-state index < -0.39 is 21.1 Å².